The van der Waals surface area contributed by atoms with Crippen LogP contribution in [0.25, 0.3) is 11.3 Å². The second-order valence-electron chi connectivity index (χ2n) is 8.16. The Morgan fingerprint density at radius 1 is 1.06 bits per heavy atom. The van der Waals surface area contributed by atoms with E-state index in [1.165, 1.54) is 0 Å². The number of aromatic nitrogens is 2. The quantitative estimate of drug-likeness (QED) is 0.430. The van der Waals surface area contributed by atoms with Gasteiger partial charge in [-0.15, -0.1) is 0 Å². The zero-order chi connectivity index (χ0) is 23.2. The molecule has 0 bridgehead atoms. The number of carbonyl (C=O) groups excluding carboxylic acids is 1. The molecule has 1 aromatic heterocycles. The van der Waals surface area contributed by atoms with E-state index in [9.17, 15) is 4.79 Å². The largest absolute Gasteiger partial charge is 0.497 e. The molecule has 1 amide bonds. The highest BCUT2D eigenvalue weighted by atomic mass is 35.5. The minimum absolute atomic E-state index is 0.111. The third kappa shape index (κ3) is 3.36. The molecular formula is C26H20ClN3O4. The maximum atomic E-state index is 13.6. The molecule has 1 N–H and O–H groups in total. The summed E-state index contributed by atoms with van der Waals surface area (Å²) in [5.41, 5.74) is 4.87. The molecule has 1 atom stereocenters. The van der Waals surface area contributed by atoms with Gasteiger partial charge in [0.1, 0.15) is 11.4 Å². The molecule has 0 spiro atoms. The molecule has 3 aromatic carbocycles. The van der Waals surface area contributed by atoms with Crippen molar-refractivity contribution >= 4 is 17.5 Å². The number of H-pyrrole nitrogens is 1. The Balaban J connectivity index is 1.44. The van der Waals surface area contributed by atoms with Crippen molar-refractivity contribution in [2.24, 2.45) is 0 Å². The molecule has 8 heteroatoms. The number of carbonyl (C=O) groups is 1. The van der Waals surface area contributed by atoms with Crippen molar-refractivity contribution < 1.29 is 19.0 Å². The third-order valence-corrected chi connectivity index (χ3v) is 6.45. The number of hydrogen-bond acceptors (Lipinski definition) is 5. The Labute approximate surface area is 200 Å². The molecule has 2 aliphatic heterocycles. The molecule has 0 aliphatic carbocycles. The van der Waals surface area contributed by atoms with Gasteiger partial charge in [0.05, 0.1) is 18.8 Å². The molecule has 7 nitrogen and oxygen atoms in total. The summed E-state index contributed by atoms with van der Waals surface area (Å²) in [6, 6.07) is 20.7. The van der Waals surface area contributed by atoms with Gasteiger partial charge in [0, 0.05) is 22.7 Å². The monoisotopic (exact) mass is 473 g/mol. The van der Waals surface area contributed by atoms with Crippen LogP contribution in [0.2, 0.25) is 5.02 Å². The molecule has 170 valence electrons. The van der Waals surface area contributed by atoms with Crippen molar-refractivity contribution in [3.8, 4) is 28.5 Å². The number of fused-ring (bicyclic) bond motifs is 2. The van der Waals surface area contributed by atoms with E-state index in [0.717, 1.165) is 33.7 Å². The van der Waals surface area contributed by atoms with Gasteiger partial charge in [0.2, 0.25) is 6.79 Å². The zero-order valence-corrected chi connectivity index (χ0v) is 19.0. The Morgan fingerprint density at radius 3 is 2.59 bits per heavy atom. The zero-order valence-electron chi connectivity index (χ0n) is 18.2. The number of amides is 1. The lowest BCUT2D eigenvalue weighted by Crippen LogP contribution is -2.29. The molecule has 0 radical (unpaired) electrons. The molecule has 0 fully saturated rings. The number of rotatable bonds is 5. The maximum Gasteiger partial charge on any atom is 0.273 e. The van der Waals surface area contributed by atoms with E-state index < -0.39 is 0 Å². The number of hydrogen-bond donors (Lipinski definition) is 1. The summed E-state index contributed by atoms with van der Waals surface area (Å²) in [7, 11) is 1.63. The highest BCUT2D eigenvalue weighted by Crippen LogP contribution is 2.44. The summed E-state index contributed by atoms with van der Waals surface area (Å²) in [5, 5.41) is 8.15. The van der Waals surface area contributed by atoms with E-state index in [2.05, 4.69) is 10.2 Å². The number of methoxy groups -OCH3 is 1. The van der Waals surface area contributed by atoms with Gasteiger partial charge in [-0.1, -0.05) is 29.8 Å². The van der Waals surface area contributed by atoms with E-state index >= 15 is 0 Å². The maximum absolute atomic E-state index is 13.6. The van der Waals surface area contributed by atoms with E-state index in [1.54, 1.807) is 7.11 Å². The molecule has 2 aliphatic rings. The molecule has 0 saturated carbocycles. The molecule has 4 aromatic rings. The van der Waals surface area contributed by atoms with Crippen LogP contribution < -0.4 is 14.2 Å². The molecule has 0 saturated heterocycles. The minimum atomic E-state index is -0.332. The van der Waals surface area contributed by atoms with Gasteiger partial charge in [-0.05, 0) is 59.7 Å². The van der Waals surface area contributed by atoms with Crippen molar-refractivity contribution in [3.05, 3.63) is 94.1 Å². The molecular weight excluding hydrogens is 454 g/mol. The summed E-state index contributed by atoms with van der Waals surface area (Å²) in [5.74, 6) is 2.04. The lowest BCUT2D eigenvalue weighted by molar-refractivity contribution is 0.0730. The van der Waals surface area contributed by atoms with Crippen LogP contribution in [0.4, 0.5) is 0 Å². The molecule has 34 heavy (non-hydrogen) atoms. The SMILES string of the molecule is COc1ccc(-c2n[nH]c3c2C(c2ccc(Cl)cc2)N(Cc2ccc4c(c2)OCO4)C3=O)cc1. The first kappa shape index (κ1) is 20.6. The standard InChI is InChI=1S/C26H20ClN3O4/c1-32-19-9-5-16(6-10-19)23-22-24(29-28-23)26(31)30(25(22)17-3-7-18(27)8-4-17)13-15-2-11-20-21(12-15)34-14-33-20/h2-12,25H,13-14H2,1H3,(H,28,29). The summed E-state index contributed by atoms with van der Waals surface area (Å²) in [6.07, 6.45) is 0. The van der Waals surface area contributed by atoms with Crippen LogP contribution in [-0.2, 0) is 6.54 Å². The number of nitrogens with one attached hydrogen (secondary N) is 1. The Bertz CT molecular complexity index is 1380. The predicted molar refractivity (Wildman–Crippen MR) is 126 cm³/mol. The Kier molecular flexibility index (Phi) is 4.92. The van der Waals surface area contributed by atoms with E-state index in [4.69, 9.17) is 25.8 Å². The second-order valence-corrected chi connectivity index (χ2v) is 8.60. The summed E-state index contributed by atoms with van der Waals surface area (Å²) >= 11 is 6.17. The van der Waals surface area contributed by atoms with Gasteiger partial charge >= 0.3 is 0 Å². The van der Waals surface area contributed by atoms with Crippen LogP contribution in [0.5, 0.6) is 17.2 Å². The Morgan fingerprint density at radius 2 is 1.82 bits per heavy atom. The first-order valence-corrected chi connectivity index (χ1v) is 11.2. The van der Waals surface area contributed by atoms with Crippen LogP contribution in [0.1, 0.15) is 33.2 Å². The van der Waals surface area contributed by atoms with E-state index in [-0.39, 0.29) is 18.7 Å². The fourth-order valence-corrected chi connectivity index (χ4v) is 4.68. The molecule has 1 unspecified atom stereocenters. The predicted octanol–water partition coefficient (Wildman–Crippen LogP) is 5.21. The van der Waals surface area contributed by atoms with Gasteiger partial charge in [-0.25, -0.2) is 0 Å². The fraction of sp³-hybridized carbons (Fsp3) is 0.154. The number of benzene rings is 3. The van der Waals surface area contributed by atoms with Gasteiger partial charge < -0.3 is 19.1 Å². The molecule has 6 rings (SSSR count). The van der Waals surface area contributed by atoms with Crippen molar-refractivity contribution in [3.63, 3.8) is 0 Å². The number of nitrogens with zero attached hydrogens (tertiary/aromatic N) is 2. The average molecular weight is 474 g/mol. The van der Waals surface area contributed by atoms with Crippen molar-refractivity contribution in [2.45, 2.75) is 12.6 Å². The van der Waals surface area contributed by atoms with Crippen LogP contribution >= 0.6 is 11.6 Å². The van der Waals surface area contributed by atoms with Gasteiger partial charge in [0.15, 0.2) is 11.5 Å². The lowest BCUT2D eigenvalue weighted by atomic mass is 9.96. The minimum Gasteiger partial charge on any atom is -0.497 e. The second kappa shape index (κ2) is 8.11. The van der Waals surface area contributed by atoms with Gasteiger partial charge in [-0.2, -0.15) is 5.10 Å². The summed E-state index contributed by atoms with van der Waals surface area (Å²) in [4.78, 5) is 15.4. The number of aromatic amines is 1. The number of ether oxygens (including phenoxy) is 3. The average Bonchev–Trinajstić information content (AvgIpc) is 3.57. The highest BCUT2D eigenvalue weighted by Gasteiger charge is 2.42. The van der Waals surface area contributed by atoms with E-state index in [0.29, 0.717) is 28.8 Å². The van der Waals surface area contributed by atoms with Gasteiger partial charge in [-0.3, -0.25) is 9.89 Å². The van der Waals surface area contributed by atoms with Crippen molar-refractivity contribution in [1.82, 2.24) is 15.1 Å². The first-order chi connectivity index (χ1) is 16.6. The third-order valence-electron chi connectivity index (χ3n) is 6.20. The first-order valence-electron chi connectivity index (χ1n) is 10.8. The van der Waals surface area contributed by atoms with Crippen LogP contribution in [0.15, 0.2) is 66.7 Å². The van der Waals surface area contributed by atoms with Crippen LogP contribution in [-0.4, -0.2) is 34.9 Å². The molecule has 3 heterocycles. The van der Waals surface area contributed by atoms with E-state index in [1.807, 2.05) is 71.6 Å². The fourth-order valence-electron chi connectivity index (χ4n) is 4.56. The van der Waals surface area contributed by atoms with Crippen molar-refractivity contribution in [2.75, 3.05) is 13.9 Å². The normalized spacial score (nSPS) is 16.1. The van der Waals surface area contributed by atoms with Crippen LogP contribution in [0, 0.1) is 0 Å². The number of halogens is 1. The highest BCUT2D eigenvalue weighted by molar-refractivity contribution is 6.30. The van der Waals surface area contributed by atoms with Crippen LogP contribution in [0.3, 0.4) is 0 Å². The lowest BCUT2D eigenvalue weighted by Gasteiger charge is -2.26. The summed E-state index contributed by atoms with van der Waals surface area (Å²) < 4.78 is 16.3. The smallest absolute Gasteiger partial charge is 0.273 e. The Hall–Kier alpha value is -3.97. The van der Waals surface area contributed by atoms with Gasteiger partial charge in [0.25, 0.3) is 5.91 Å². The topological polar surface area (TPSA) is 76.7 Å². The van der Waals surface area contributed by atoms with Crippen molar-refractivity contribution in [1.29, 1.82) is 0 Å². The summed E-state index contributed by atoms with van der Waals surface area (Å²) in [6.45, 7) is 0.601.